The Hall–Kier alpha value is -1.10. The van der Waals surface area contributed by atoms with Crippen LogP contribution in [0, 0.1) is 17.8 Å². The van der Waals surface area contributed by atoms with Crippen molar-refractivity contribution in [3.05, 3.63) is 0 Å². The summed E-state index contributed by atoms with van der Waals surface area (Å²) >= 11 is 0. The maximum Gasteiger partial charge on any atom is 0.321 e. The lowest BCUT2D eigenvalue weighted by Gasteiger charge is -2.34. The molecular formula is C14H27N3O2. The van der Waals surface area contributed by atoms with E-state index in [4.69, 9.17) is 0 Å². The van der Waals surface area contributed by atoms with Crippen molar-refractivity contribution in [3.8, 4) is 0 Å². The number of hydrogen-bond donors (Lipinski definition) is 2. The van der Waals surface area contributed by atoms with Crippen LogP contribution in [0.25, 0.3) is 0 Å². The highest BCUT2D eigenvalue weighted by Gasteiger charge is 2.23. The molecule has 5 nitrogen and oxygen atoms in total. The molecule has 1 aliphatic heterocycles. The topological polar surface area (TPSA) is 61.4 Å². The van der Waals surface area contributed by atoms with Gasteiger partial charge in [0, 0.05) is 19.6 Å². The van der Waals surface area contributed by atoms with Crippen LogP contribution in [0.2, 0.25) is 0 Å². The van der Waals surface area contributed by atoms with E-state index in [2.05, 4.69) is 29.4 Å². The van der Waals surface area contributed by atoms with Crippen LogP contribution in [0.1, 0.15) is 34.1 Å². The molecule has 1 aliphatic rings. The minimum absolute atomic E-state index is 0.220. The van der Waals surface area contributed by atoms with Crippen molar-refractivity contribution >= 4 is 11.9 Å². The number of nitrogens with one attached hydrogen (secondary N) is 2. The van der Waals surface area contributed by atoms with Gasteiger partial charge < -0.3 is 5.32 Å². The predicted octanol–water partition coefficient (Wildman–Crippen LogP) is 1.45. The van der Waals surface area contributed by atoms with Gasteiger partial charge in [0.05, 0.1) is 6.54 Å². The third-order valence-electron chi connectivity index (χ3n) is 3.24. The summed E-state index contributed by atoms with van der Waals surface area (Å²) in [6, 6.07) is -0.392. The predicted molar refractivity (Wildman–Crippen MR) is 75.8 cm³/mol. The Morgan fingerprint density at radius 3 is 2.32 bits per heavy atom. The molecule has 5 heteroatoms. The summed E-state index contributed by atoms with van der Waals surface area (Å²) in [6.45, 7) is 11.2. The molecule has 110 valence electrons. The molecule has 0 saturated carbocycles. The number of carbonyl (C=O) groups is 2. The van der Waals surface area contributed by atoms with E-state index in [1.807, 2.05) is 13.8 Å². The minimum atomic E-state index is -0.392. The SMILES string of the molecule is CC(C)CNC(=O)NC(=O)CN1C[C@@H](C)C[C@H](C)C1. The van der Waals surface area contributed by atoms with Crippen molar-refractivity contribution < 1.29 is 9.59 Å². The smallest absolute Gasteiger partial charge is 0.321 e. The Balaban J connectivity index is 2.28. The minimum Gasteiger partial charge on any atom is -0.338 e. The number of hydrogen-bond acceptors (Lipinski definition) is 3. The van der Waals surface area contributed by atoms with Gasteiger partial charge in [0.1, 0.15) is 0 Å². The molecule has 0 aromatic rings. The molecule has 0 aliphatic carbocycles. The first kappa shape index (κ1) is 16.0. The lowest BCUT2D eigenvalue weighted by Crippen LogP contribution is -2.48. The van der Waals surface area contributed by atoms with E-state index in [0.717, 1.165) is 13.1 Å². The van der Waals surface area contributed by atoms with Crippen LogP contribution in [0.15, 0.2) is 0 Å². The molecule has 0 unspecified atom stereocenters. The highest BCUT2D eigenvalue weighted by molar-refractivity contribution is 5.95. The zero-order valence-electron chi connectivity index (χ0n) is 12.5. The van der Waals surface area contributed by atoms with E-state index in [1.54, 1.807) is 0 Å². The van der Waals surface area contributed by atoms with E-state index in [-0.39, 0.29) is 5.91 Å². The Kier molecular flexibility index (Phi) is 6.28. The van der Waals surface area contributed by atoms with Gasteiger partial charge >= 0.3 is 6.03 Å². The average Bonchev–Trinajstić information content (AvgIpc) is 2.24. The van der Waals surface area contributed by atoms with E-state index in [9.17, 15) is 9.59 Å². The summed E-state index contributed by atoms with van der Waals surface area (Å²) < 4.78 is 0. The van der Waals surface area contributed by atoms with Crippen molar-refractivity contribution in [2.75, 3.05) is 26.2 Å². The number of urea groups is 1. The summed E-state index contributed by atoms with van der Waals surface area (Å²) in [5.41, 5.74) is 0. The van der Waals surface area contributed by atoms with Crippen LogP contribution in [0.4, 0.5) is 4.79 Å². The summed E-state index contributed by atoms with van der Waals surface area (Å²) in [5, 5.41) is 5.06. The van der Waals surface area contributed by atoms with E-state index >= 15 is 0 Å². The second kappa shape index (κ2) is 7.48. The van der Waals surface area contributed by atoms with Crippen molar-refractivity contribution in [1.82, 2.24) is 15.5 Å². The zero-order chi connectivity index (χ0) is 14.4. The molecular weight excluding hydrogens is 242 g/mol. The van der Waals surface area contributed by atoms with Crippen molar-refractivity contribution in [3.63, 3.8) is 0 Å². The first-order chi connectivity index (χ1) is 8.86. The Labute approximate surface area is 116 Å². The van der Waals surface area contributed by atoms with Crippen LogP contribution in [-0.4, -0.2) is 43.0 Å². The van der Waals surface area contributed by atoms with Gasteiger partial charge in [-0.05, 0) is 24.2 Å². The van der Waals surface area contributed by atoms with Crippen LogP contribution in [-0.2, 0) is 4.79 Å². The second-order valence-electron chi connectivity index (χ2n) is 6.29. The summed E-state index contributed by atoms with van der Waals surface area (Å²) in [7, 11) is 0. The van der Waals surface area contributed by atoms with Crippen LogP contribution < -0.4 is 10.6 Å². The molecule has 1 rings (SSSR count). The molecule has 0 radical (unpaired) electrons. The number of piperidine rings is 1. The lowest BCUT2D eigenvalue weighted by molar-refractivity contribution is -0.121. The molecule has 0 aromatic carbocycles. The standard InChI is InChI=1S/C14H27N3O2/c1-10(2)6-15-14(19)16-13(18)9-17-7-11(3)5-12(4)8-17/h10-12H,5-9H2,1-4H3,(H2,15,16,18,19)/t11-,12-/m0/s1. The van der Waals surface area contributed by atoms with E-state index < -0.39 is 6.03 Å². The molecule has 2 atom stereocenters. The Bertz CT molecular complexity index is 308. The van der Waals surface area contributed by atoms with Gasteiger partial charge in [-0.15, -0.1) is 0 Å². The molecule has 1 saturated heterocycles. The lowest BCUT2D eigenvalue weighted by atomic mass is 9.92. The average molecular weight is 269 g/mol. The number of rotatable bonds is 4. The second-order valence-corrected chi connectivity index (χ2v) is 6.29. The van der Waals surface area contributed by atoms with Gasteiger partial charge in [0.15, 0.2) is 0 Å². The van der Waals surface area contributed by atoms with E-state index in [0.29, 0.717) is 30.8 Å². The zero-order valence-corrected chi connectivity index (χ0v) is 12.5. The normalized spacial score (nSPS) is 24.3. The van der Waals surface area contributed by atoms with Crippen LogP contribution in [0.3, 0.4) is 0 Å². The van der Waals surface area contributed by atoms with Crippen molar-refractivity contribution in [2.45, 2.75) is 34.1 Å². The Morgan fingerprint density at radius 2 is 1.79 bits per heavy atom. The molecule has 0 aromatic heterocycles. The quantitative estimate of drug-likeness (QED) is 0.812. The summed E-state index contributed by atoms with van der Waals surface area (Å²) in [4.78, 5) is 25.4. The number of carbonyl (C=O) groups excluding carboxylic acids is 2. The fourth-order valence-electron chi connectivity index (χ4n) is 2.63. The number of nitrogens with zero attached hydrogens (tertiary/aromatic N) is 1. The summed E-state index contributed by atoms with van der Waals surface area (Å²) in [5.74, 6) is 1.39. The maximum atomic E-state index is 11.8. The number of likely N-dealkylation sites (tertiary alicyclic amines) is 1. The highest BCUT2D eigenvalue weighted by atomic mass is 16.2. The maximum absolute atomic E-state index is 11.8. The Morgan fingerprint density at radius 1 is 1.21 bits per heavy atom. The highest BCUT2D eigenvalue weighted by Crippen LogP contribution is 2.20. The van der Waals surface area contributed by atoms with Crippen LogP contribution in [0.5, 0.6) is 0 Å². The van der Waals surface area contributed by atoms with Gasteiger partial charge in [0.2, 0.25) is 5.91 Å². The summed E-state index contributed by atoms with van der Waals surface area (Å²) in [6.07, 6.45) is 1.22. The fourth-order valence-corrected chi connectivity index (χ4v) is 2.63. The number of amides is 3. The molecule has 19 heavy (non-hydrogen) atoms. The largest absolute Gasteiger partial charge is 0.338 e. The van der Waals surface area contributed by atoms with Gasteiger partial charge in [-0.3, -0.25) is 15.0 Å². The van der Waals surface area contributed by atoms with E-state index in [1.165, 1.54) is 6.42 Å². The fraction of sp³-hybridized carbons (Fsp3) is 0.857. The molecule has 2 N–H and O–H groups in total. The first-order valence-electron chi connectivity index (χ1n) is 7.16. The monoisotopic (exact) mass is 269 g/mol. The molecule has 0 bridgehead atoms. The number of imide groups is 1. The molecule has 0 spiro atoms. The van der Waals surface area contributed by atoms with Gasteiger partial charge in [0.25, 0.3) is 0 Å². The molecule has 1 fully saturated rings. The first-order valence-corrected chi connectivity index (χ1v) is 7.16. The molecule has 1 heterocycles. The van der Waals surface area contributed by atoms with Crippen molar-refractivity contribution in [2.24, 2.45) is 17.8 Å². The third kappa shape index (κ3) is 6.57. The van der Waals surface area contributed by atoms with Gasteiger partial charge in [-0.2, -0.15) is 0 Å². The van der Waals surface area contributed by atoms with Crippen LogP contribution >= 0.6 is 0 Å². The van der Waals surface area contributed by atoms with Gasteiger partial charge in [-0.25, -0.2) is 4.79 Å². The van der Waals surface area contributed by atoms with Crippen molar-refractivity contribution in [1.29, 1.82) is 0 Å². The molecule has 3 amide bonds. The van der Waals surface area contributed by atoms with Gasteiger partial charge in [-0.1, -0.05) is 27.7 Å². The third-order valence-corrected chi connectivity index (χ3v) is 3.24.